The summed E-state index contributed by atoms with van der Waals surface area (Å²) in [4.78, 5) is 0. The van der Waals surface area contributed by atoms with Crippen LogP contribution in [-0.4, -0.2) is 20.8 Å². The normalized spacial score (nSPS) is 12.2. The smallest absolute Gasteiger partial charge is 0.124 e. The first kappa shape index (κ1) is 14.5. The summed E-state index contributed by atoms with van der Waals surface area (Å²) in [5, 5.41) is 3.52. The first-order valence-corrected chi connectivity index (χ1v) is 6.77. The number of hydrogen-bond donors (Lipinski definition) is 1. The molecule has 0 bridgehead atoms. The van der Waals surface area contributed by atoms with Gasteiger partial charge in [0.05, 0.1) is 32.8 Å². The first-order chi connectivity index (χ1) is 9.80. The molecule has 4 nitrogen and oxygen atoms in total. The Morgan fingerprint density at radius 1 is 1.20 bits per heavy atom. The maximum Gasteiger partial charge on any atom is 0.124 e. The van der Waals surface area contributed by atoms with Crippen molar-refractivity contribution in [3.8, 4) is 11.5 Å². The van der Waals surface area contributed by atoms with E-state index < -0.39 is 0 Å². The summed E-state index contributed by atoms with van der Waals surface area (Å²) in [6.07, 6.45) is 4.50. The number of rotatable bonds is 7. The first-order valence-electron chi connectivity index (χ1n) is 6.77. The Morgan fingerprint density at radius 3 is 2.65 bits per heavy atom. The van der Waals surface area contributed by atoms with E-state index in [1.165, 1.54) is 0 Å². The van der Waals surface area contributed by atoms with E-state index in [9.17, 15) is 0 Å². The topological polar surface area (TPSA) is 43.6 Å². The molecule has 0 radical (unpaired) electrons. The maximum absolute atomic E-state index is 5.48. The van der Waals surface area contributed by atoms with Crippen molar-refractivity contribution in [2.24, 2.45) is 0 Å². The van der Waals surface area contributed by atoms with Crippen molar-refractivity contribution in [1.29, 1.82) is 0 Å². The van der Waals surface area contributed by atoms with Gasteiger partial charge in [0, 0.05) is 11.1 Å². The van der Waals surface area contributed by atoms with E-state index in [0.717, 1.165) is 35.6 Å². The van der Waals surface area contributed by atoms with Gasteiger partial charge in [0.2, 0.25) is 0 Å². The molecule has 2 rings (SSSR count). The number of benzene rings is 1. The van der Waals surface area contributed by atoms with Crippen LogP contribution in [0.1, 0.15) is 30.5 Å². The van der Waals surface area contributed by atoms with E-state index in [1.807, 2.05) is 24.3 Å². The van der Waals surface area contributed by atoms with Gasteiger partial charge in [-0.05, 0) is 37.2 Å². The largest absolute Gasteiger partial charge is 0.497 e. The molecule has 1 heterocycles. The van der Waals surface area contributed by atoms with Crippen molar-refractivity contribution in [2.45, 2.75) is 19.4 Å². The Labute approximate surface area is 119 Å². The summed E-state index contributed by atoms with van der Waals surface area (Å²) >= 11 is 0. The van der Waals surface area contributed by atoms with Crippen molar-refractivity contribution < 1.29 is 13.9 Å². The molecule has 1 atom stereocenters. The van der Waals surface area contributed by atoms with Crippen LogP contribution in [-0.2, 0) is 0 Å². The third-order valence-electron chi connectivity index (χ3n) is 3.22. The van der Waals surface area contributed by atoms with Crippen LogP contribution in [0.15, 0.2) is 41.2 Å². The van der Waals surface area contributed by atoms with Crippen LogP contribution < -0.4 is 14.8 Å². The standard InChI is InChI=1S/C16H21NO3/c1-4-8-17-16(12-7-9-20-11-12)14-10-13(18-2)5-6-15(14)19-3/h5-7,9-11,16-17H,4,8H2,1-3H3. The van der Waals surface area contributed by atoms with Gasteiger partial charge in [-0.1, -0.05) is 6.92 Å². The minimum atomic E-state index is 0.0266. The lowest BCUT2D eigenvalue weighted by Gasteiger charge is -2.20. The Hall–Kier alpha value is -1.94. The second kappa shape index (κ2) is 7.01. The molecule has 4 heteroatoms. The zero-order valence-electron chi connectivity index (χ0n) is 12.2. The van der Waals surface area contributed by atoms with Crippen molar-refractivity contribution in [2.75, 3.05) is 20.8 Å². The van der Waals surface area contributed by atoms with Crippen molar-refractivity contribution in [1.82, 2.24) is 5.32 Å². The van der Waals surface area contributed by atoms with E-state index in [-0.39, 0.29) is 6.04 Å². The van der Waals surface area contributed by atoms with Gasteiger partial charge in [-0.25, -0.2) is 0 Å². The van der Waals surface area contributed by atoms with Gasteiger partial charge in [0.25, 0.3) is 0 Å². The summed E-state index contributed by atoms with van der Waals surface area (Å²) < 4.78 is 16.0. The number of methoxy groups -OCH3 is 2. The summed E-state index contributed by atoms with van der Waals surface area (Å²) in [6, 6.07) is 7.81. The second-order valence-corrected chi connectivity index (χ2v) is 4.55. The molecule has 0 aliphatic heterocycles. The molecule has 0 fully saturated rings. The Balaban J connectivity index is 2.41. The molecule has 0 saturated heterocycles. The molecule has 0 spiro atoms. The van der Waals surface area contributed by atoms with Crippen molar-refractivity contribution in [3.63, 3.8) is 0 Å². The van der Waals surface area contributed by atoms with E-state index in [2.05, 4.69) is 12.2 Å². The molecule has 20 heavy (non-hydrogen) atoms. The van der Waals surface area contributed by atoms with E-state index in [0.29, 0.717) is 0 Å². The highest BCUT2D eigenvalue weighted by Crippen LogP contribution is 2.33. The lowest BCUT2D eigenvalue weighted by molar-refractivity contribution is 0.393. The Kier molecular flexibility index (Phi) is 5.07. The zero-order valence-corrected chi connectivity index (χ0v) is 12.2. The average molecular weight is 275 g/mol. The van der Waals surface area contributed by atoms with Crippen LogP contribution in [0.25, 0.3) is 0 Å². The molecule has 108 valence electrons. The molecular formula is C16H21NO3. The van der Waals surface area contributed by atoms with Gasteiger partial charge < -0.3 is 19.2 Å². The summed E-state index contributed by atoms with van der Waals surface area (Å²) in [5.41, 5.74) is 2.12. The Bertz CT molecular complexity index is 523. The minimum Gasteiger partial charge on any atom is -0.497 e. The van der Waals surface area contributed by atoms with Gasteiger partial charge in [-0.2, -0.15) is 0 Å². The number of hydrogen-bond acceptors (Lipinski definition) is 4. The van der Waals surface area contributed by atoms with Gasteiger partial charge in [-0.3, -0.25) is 0 Å². The predicted molar refractivity (Wildman–Crippen MR) is 78.4 cm³/mol. The quantitative estimate of drug-likeness (QED) is 0.841. The highest BCUT2D eigenvalue weighted by Gasteiger charge is 2.19. The van der Waals surface area contributed by atoms with Crippen molar-refractivity contribution >= 4 is 0 Å². The Morgan fingerprint density at radius 2 is 2.05 bits per heavy atom. The summed E-state index contributed by atoms with van der Waals surface area (Å²) in [6.45, 7) is 3.05. The molecule has 1 aromatic carbocycles. The van der Waals surface area contributed by atoms with Gasteiger partial charge in [-0.15, -0.1) is 0 Å². The molecule has 2 aromatic rings. The van der Waals surface area contributed by atoms with Gasteiger partial charge in [0.1, 0.15) is 11.5 Å². The van der Waals surface area contributed by atoms with Crippen LogP contribution in [0.5, 0.6) is 11.5 Å². The monoisotopic (exact) mass is 275 g/mol. The number of nitrogens with one attached hydrogen (secondary N) is 1. The number of furan rings is 1. The fraction of sp³-hybridized carbons (Fsp3) is 0.375. The molecule has 1 N–H and O–H groups in total. The molecule has 1 unspecified atom stereocenters. The highest BCUT2D eigenvalue weighted by molar-refractivity contribution is 5.45. The van der Waals surface area contributed by atoms with Gasteiger partial charge >= 0.3 is 0 Å². The third-order valence-corrected chi connectivity index (χ3v) is 3.22. The molecule has 1 aromatic heterocycles. The lowest BCUT2D eigenvalue weighted by atomic mass is 9.99. The summed E-state index contributed by atoms with van der Waals surface area (Å²) in [5.74, 6) is 1.65. The van der Waals surface area contributed by atoms with E-state index in [4.69, 9.17) is 13.9 Å². The average Bonchev–Trinajstić information content (AvgIpc) is 3.01. The van der Waals surface area contributed by atoms with E-state index >= 15 is 0 Å². The summed E-state index contributed by atoms with van der Waals surface area (Å²) in [7, 11) is 3.34. The fourth-order valence-electron chi connectivity index (χ4n) is 2.20. The van der Waals surface area contributed by atoms with Crippen LogP contribution in [0, 0.1) is 0 Å². The SMILES string of the molecule is CCCNC(c1ccoc1)c1cc(OC)ccc1OC. The molecule has 0 saturated carbocycles. The molecule has 0 amide bonds. The maximum atomic E-state index is 5.48. The second-order valence-electron chi connectivity index (χ2n) is 4.55. The van der Waals surface area contributed by atoms with Crippen LogP contribution >= 0.6 is 0 Å². The minimum absolute atomic E-state index is 0.0266. The van der Waals surface area contributed by atoms with Crippen LogP contribution in [0.3, 0.4) is 0 Å². The van der Waals surface area contributed by atoms with Crippen molar-refractivity contribution in [3.05, 3.63) is 47.9 Å². The van der Waals surface area contributed by atoms with Crippen LogP contribution in [0.2, 0.25) is 0 Å². The fourth-order valence-corrected chi connectivity index (χ4v) is 2.20. The highest BCUT2D eigenvalue weighted by atomic mass is 16.5. The molecule has 0 aliphatic carbocycles. The van der Waals surface area contributed by atoms with Crippen LogP contribution in [0.4, 0.5) is 0 Å². The molecule has 0 aliphatic rings. The lowest BCUT2D eigenvalue weighted by Crippen LogP contribution is -2.23. The third kappa shape index (κ3) is 3.14. The van der Waals surface area contributed by atoms with E-state index in [1.54, 1.807) is 26.7 Å². The number of ether oxygens (including phenoxy) is 2. The van der Waals surface area contributed by atoms with Gasteiger partial charge in [0.15, 0.2) is 0 Å². The molecular weight excluding hydrogens is 254 g/mol. The predicted octanol–water partition coefficient (Wildman–Crippen LogP) is 3.39. The zero-order chi connectivity index (χ0) is 14.4.